The zero-order valence-corrected chi connectivity index (χ0v) is 11.4. The van der Waals surface area contributed by atoms with Crippen LogP contribution in [0, 0.1) is 0 Å². The summed E-state index contributed by atoms with van der Waals surface area (Å²) in [7, 11) is 0. The first-order valence-corrected chi connectivity index (χ1v) is 6.56. The second-order valence-electron chi connectivity index (χ2n) is 4.68. The van der Waals surface area contributed by atoms with Gasteiger partial charge in [-0.2, -0.15) is 0 Å². The van der Waals surface area contributed by atoms with E-state index in [0.717, 1.165) is 16.8 Å². The van der Waals surface area contributed by atoms with Crippen LogP contribution in [-0.4, -0.2) is 40.5 Å². The summed E-state index contributed by atoms with van der Waals surface area (Å²) in [6, 6.07) is 14.2. The second kappa shape index (κ2) is 6.88. The van der Waals surface area contributed by atoms with Crippen LogP contribution in [0.5, 0.6) is 0 Å². The molecule has 1 unspecified atom stereocenters. The minimum atomic E-state index is -0.951. The summed E-state index contributed by atoms with van der Waals surface area (Å²) in [6.45, 7) is -0.0165. The third-order valence-corrected chi connectivity index (χ3v) is 3.08. The SMILES string of the molecule is O=C(O)c1cccc(-c2ccc(NCC(O)CO)cc2)c1. The summed E-state index contributed by atoms with van der Waals surface area (Å²) in [5, 5.41) is 30.0. The number of rotatable bonds is 6. The summed E-state index contributed by atoms with van der Waals surface area (Å²) in [6.07, 6.45) is -0.795. The molecule has 0 bridgehead atoms. The molecule has 0 spiro atoms. The fraction of sp³-hybridized carbons (Fsp3) is 0.188. The molecule has 2 aromatic rings. The number of aliphatic hydroxyl groups is 2. The van der Waals surface area contributed by atoms with Crippen molar-refractivity contribution < 1.29 is 20.1 Å². The first-order valence-electron chi connectivity index (χ1n) is 6.56. The van der Waals surface area contributed by atoms with Crippen molar-refractivity contribution in [1.29, 1.82) is 0 Å². The van der Waals surface area contributed by atoms with E-state index in [0.29, 0.717) is 0 Å². The van der Waals surface area contributed by atoms with Gasteiger partial charge in [0.25, 0.3) is 0 Å². The number of carboxylic acids is 1. The Hall–Kier alpha value is -2.37. The Morgan fingerprint density at radius 2 is 1.81 bits per heavy atom. The average molecular weight is 287 g/mol. The number of anilines is 1. The molecule has 0 amide bonds. The van der Waals surface area contributed by atoms with E-state index in [4.69, 9.17) is 10.2 Å². The van der Waals surface area contributed by atoms with Gasteiger partial charge in [0.1, 0.15) is 0 Å². The summed E-state index contributed by atoms with van der Waals surface area (Å²) in [4.78, 5) is 11.0. The van der Waals surface area contributed by atoms with Gasteiger partial charge in [-0.1, -0.05) is 24.3 Å². The molecule has 5 nitrogen and oxygen atoms in total. The molecule has 0 aliphatic carbocycles. The number of carboxylic acid groups (broad SMARTS) is 1. The molecule has 2 aromatic carbocycles. The highest BCUT2D eigenvalue weighted by Gasteiger charge is 2.05. The van der Waals surface area contributed by atoms with Gasteiger partial charge >= 0.3 is 5.97 Å². The predicted molar refractivity (Wildman–Crippen MR) is 80.4 cm³/mol. The average Bonchev–Trinajstić information content (AvgIpc) is 2.53. The maximum Gasteiger partial charge on any atom is 0.335 e. The van der Waals surface area contributed by atoms with Crippen molar-refractivity contribution in [2.75, 3.05) is 18.5 Å². The zero-order chi connectivity index (χ0) is 15.2. The molecule has 0 aromatic heterocycles. The van der Waals surface area contributed by atoms with Gasteiger partial charge in [0.2, 0.25) is 0 Å². The quantitative estimate of drug-likeness (QED) is 0.650. The van der Waals surface area contributed by atoms with Crippen molar-refractivity contribution in [1.82, 2.24) is 0 Å². The first-order chi connectivity index (χ1) is 10.1. The normalized spacial score (nSPS) is 11.9. The standard InChI is InChI=1S/C16H17NO4/c18-10-15(19)9-17-14-6-4-11(5-7-14)12-2-1-3-13(8-12)16(20)21/h1-8,15,17-19H,9-10H2,(H,20,21). The molecule has 0 fully saturated rings. The van der Waals surface area contributed by atoms with E-state index in [-0.39, 0.29) is 18.7 Å². The lowest BCUT2D eigenvalue weighted by molar-refractivity contribution is 0.0697. The van der Waals surface area contributed by atoms with E-state index in [1.165, 1.54) is 0 Å². The van der Waals surface area contributed by atoms with Crippen molar-refractivity contribution in [2.24, 2.45) is 0 Å². The number of aliphatic hydroxyl groups excluding tert-OH is 2. The Morgan fingerprint density at radius 3 is 2.43 bits per heavy atom. The van der Waals surface area contributed by atoms with Gasteiger partial charge in [-0.25, -0.2) is 4.79 Å². The molecular weight excluding hydrogens is 270 g/mol. The first kappa shape index (κ1) is 15.0. The maximum atomic E-state index is 11.0. The number of carbonyl (C=O) groups is 1. The van der Waals surface area contributed by atoms with E-state index < -0.39 is 12.1 Å². The molecule has 0 heterocycles. The minimum absolute atomic E-state index is 0.251. The number of aromatic carboxylic acids is 1. The Balaban J connectivity index is 2.11. The fourth-order valence-corrected chi connectivity index (χ4v) is 1.91. The molecule has 0 radical (unpaired) electrons. The summed E-state index contributed by atoms with van der Waals surface area (Å²) < 4.78 is 0. The van der Waals surface area contributed by atoms with Gasteiger partial charge < -0.3 is 20.6 Å². The van der Waals surface area contributed by atoms with Gasteiger partial charge in [-0.3, -0.25) is 0 Å². The molecule has 21 heavy (non-hydrogen) atoms. The Labute approximate surface area is 122 Å². The number of hydrogen-bond acceptors (Lipinski definition) is 4. The van der Waals surface area contributed by atoms with Crippen molar-refractivity contribution >= 4 is 11.7 Å². The van der Waals surface area contributed by atoms with Crippen LogP contribution < -0.4 is 5.32 Å². The predicted octanol–water partition coefficient (Wildman–Crippen LogP) is 1.82. The molecule has 1 atom stereocenters. The summed E-state index contributed by atoms with van der Waals surface area (Å²) in [5.74, 6) is -0.951. The van der Waals surface area contributed by atoms with Crippen LogP contribution >= 0.6 is 0 Å². The van der Waals surface area contributed by atoms with Crippen LogP contribution in [0.4, 0.5) is 5.69 Å². The van der Waals surface area contributed by atoms with E-state index in [9.17, 15) is 9.90 Å². The Bertz CT molecular complexity index is 610. The Morgan fingerprint density at radius 1 is 1.10 bits per heavy atom. The number of benzene rings is 2. The van der Waals surface area contributed by atoms with Gasteiger partial charge in [0.05, 0.1) is 18.3 Å². The van der Waals surface area contributed by atoms with Crippen LogP contribution in [0.15, 0.2) is 48.5 Å². The van der Waals surface area contributed by atoms with Crippen LogP contribution in [0.3, 0.4) is 0 Å². The van der Waals surface area contributed by atoms with Gasteiger partial charge in [0.15, 0.2) is 0 Å². The lowest BCUT2D eigenvalue weighted by Gasteiger charge is -2.11. The van der Waals surface area contributed by atoms with Crippen molar-refractivity contribution in [2.45, 2.75) is 6.10 Å². The highest BCUT2D eigenvalue weighted by Crippen LogP contribution is 2.22. The molecular formula is C16H17NO4. The van der Waals surface area contributed by atoms with Crippen LogP contribution in [0.1, 0.15) is 10.4 Å². The molecule has 0 saturated heterocycles. The highest BCUT2D eigenvalue weighted by atomic mass is 16.4. The van der Waals surface area contributed by atoms with Gasteiger partial charge in [-0.15, -0.1) is 0 Å². The zero-order valence-electron chi connectivity index (χ0n) is 11.4. The van der Waals surface area contributed by atoms with Crippen LogP contribution in [0.2, 0.25) is 0 Å². The molecule has 0 saturated carbocycles. The Kier molecular flexibility index (Phi) is 4.92. The summed E-state index contributed by atoms with van der Waals surface area (Å²) in [5.41, 5.74) is 2.81. The maximum absolute atomic E-state index is 11.0. The second-order valence-corrected chi connectivity index (χ2v) is 4.68. The highest BCUT2D eigenvalue weighted by molar-refractivity contribution is 5.89. The van der Waals surface area contributed by atoms with Crippen LogP contribution in [0.25, 0.3) is 11.1 Å². The monoisotopic (exact) mass is 287 g/mol. The van der Waals surface area contributed by atoms with Crippen LogP contribution in [-0.2, 0) is 0 Å². The molecule has 0 aliphatic heterocycles. The van der Waals surface area contributed by atoms with E-state index in [1.54, 1.807) is 18.2 Å². The number of hydrogen-bond donors (Lipinski definition) is 4. The van der Waals surface area contributed by atoms with Crippen molar-refractivity contribution in [3.05, 3.63) is 54.1 Å². The largest absolute Gasteiger partial charge is 0.478 e. The molecule has 110 valence electrons. The van der Waals surface area contributed by atoms with Gasteiger partial charge in [0, 0.05) is 12.2 Å². The number of nitrogens with one attached hydrogen (secondary N) is 1. The molecule has 5 heteroatoms. The topological polar surface area (TPSA) is 89.8 Å². The third kappa shape index (κ3) is 4.05. The lowest BCUT2D eigenvalue weighted by atomic mass is 10.0. The van der Waals surface area contributed by atoms with Gasteiger partial charge in [-0.05, 0) is 35.4 Å². The fourth-order valence-electron chi connectivity index (χ4n) is 1.91. The van der Waals surface area contributed by atoms with E-state index in [2.05, 4.69) is 5.32 Å². The third-order valence-electron chi connectivity index (χ3n) is 3.08. The molecule has 2 rings (SSSR count). The molecule has 4 N–H and O–H groups in total. The van der Waals surface area contributed by atoms with E-state index in [1.807, 2.05) is 30.3 Å². The van der Waals surface area contributed by atoms with Crippen molar-refractivity contribution in [3.8, 4) is 11.1 Å². The molecule has 0 aliphatic rings. The smallest absolute Gasteiger partial charge is 0.335 e. The summed E-state index contributed by atoms with van der Waals surface area (Å²) >= 11 is 0. The van der Waals surface area contributed by atoms with Crippen molar-refractivity contribution in [3.63, 3.8) is 0 Å². The minimum Gasteiger partial charge on any atom is -0.478 e. The van der Waals surface area contributed by atoms with E-state index >= 15 is 0 Å². The lowest BCUT2D eigenvalue weighted by Crippen LogP contribution is -2.22.